The second-order valence-corrected chi connectivity index (χ2v) is 8.14. The maximum atomic E-state index is 10.6. The number of aliphatic hydroxyl groups excluding tert-OH is 2. The molecule has 2 fully saturated rings. The molecule has 0 heterocycles. The van der Waals surface area contributed by atoms with Crippen LogP contribution < -0.4 is 0 Å². The number of aliphatic hydroxyl groups is 2. The summed E-state index contributed by atoms with van der Waals surface area (Å²) in [7, 11) is 0. The van der Waals surface area contributed by atoms with Crippen LogP contribution in [0.15, 0.2) is 11.6 Å². The number of hydrogen-bond acceptors (Lipinski definition) is 3. The second-order valence-electron chi connectivity index (χ2n) is 8.14. The first kappa shape index (κ1) is 21.0. The number of hydrogen-bond donors (Lipinski definition) is 3. The number of rotatable bonds is 8. The lowest BCUT2D eigenvalue weighted by molar-refractivity contribution is -0.136. The Morgan fingerprint density at radius 1 is 1.38 bits per heavy atom. The standard InChI is InChI=1S/C22H34O4/c1-3-4-6-15(2)13-17(23)9-10-19-20-14-16(7-5-8-22(25)26)18(20)11-12-21(19)24/h7,15,17-21,23-24H,3-6,8,11-14H2,1-2H3,(H,25,26)/t15-,17?,18+,19+,20-,21+/m1/s1. The third-order valence-corrected chi connectivity index (χ3v) is 5.97. The van der Waals surface area contributed by atoms with E-state index in [1.54, 1.807) is 0 Å². The zero-order valence-corrected chi connectivity index (χ0v) is 16.2. The molecule has 2 saturated carbocycles. The van der Waals surface area contributed by atoms with Crippen LogP contribution in [0.2, 0.25) is 0 Å². The van der Waals surface area contributed by atoms with Crippen LogP contribution >= 0.6 is 0 Å². The van der Waals surface area contributed by atoms with Gasteiger partial charge in [-0.15, -0.1) is 0 Å². The van der Waals surface area contributed by atoms with Gasteiger partial charge >= 0.3 is 5.97 Å². The van der Waals surface area contributed by atoms with E-state index < -0.39 is 18.2 Å². The zero-order valence-electron chi connectivity index (χ0n) is 16.2. The summed E-state index contributed by atoms with van der Waals surface area (Å²) in [4.78, 5) is 10.6. The fourth-order valence-electron chi connectivity index (χ4n) is 4.39. The SMILES string of the molecule is CCCC[C@@H](C)CC(O)C#C[C@H]1[C@@H]2CC(=CCCC(=O)O)[C@@H]2CC[C@@H]1O. The quantitative estimate of drug-likeness (QED) is 0.454. The summed E-state index contributed by atoms with van der Waals surface area (Å²) in [6, 6.07) is 0. The van der Waals surface area contributed by atoms with Crippen LogP contribution in [0.3, 0.4) is 0 Å². The summed E-state index contributed by atoms with van der Waals surface area (Å²) in [5.74, 6) is 6.62. The third kappa shape index (κ3) is 5.86. The lowest BCUT2D eigenvalue weighted by atomic mass is 9.57. The van der Waals surface area contributed by atoms with Gasteiger partial charge in [0.15, 0.2) is 0 Å². The van der Waals surface area contributed by atoms with E-state index in [4.69, 9.17) is 5.11 Å². The molecule has 0 spiro atoms. The average molecular weight is 363 g/mol. The Morgan fingerprint density at radius 3 is 2.85 bits per heavy atom. The van der Waals surface area contributed by atoms with Gasteiger partial charge in [-0.2, -0.15) is 0 Å². The number of carboxylic acid groups (broad SMARTS) is 1. The molecular weight excluding hydrogens is 328 g/mol. The molecule has 2 aliphatic carbocycles. The van der Waals surface area contributed by atoms with Crippen LogP contribution in [0.4, 0.5) is 0 Å². The Hall–Kier alpha value is -1.31. The molecule has 0 radical (unpaired) electrons. The molecule has 0 saturated heterocycles. The van der Waals surface area contributed by atoms with Crippen LogP contribution in [0.1, 0.15) is 71.6 Å². The minimum absolute atomic E-state index is 0.0639. The molecule has 4 nitrogen and oxygen atoms in total. The molecule has 0 aromatic rings. The number of unbranched alkanes of at least 4 members (excludes halogenated alkanes) is 1. The van der Waals surface area contributed by atoms with Crippen molar-refractivity contribution in [2.24, 2.45) is 23.7 Å². The van der Waals surface area contributed by atoms with Crippen molar-refractivity contribution in [3.8, 4) is 11.8 Å². The van der Waals surface area contributed by atoms with E-state index in [0.29, 0.717) is 30.6 Å². The van der Waals surface area contributed by atoms with Crippen LogP contribution in [0.5, 0.6) is 0 Å². The van der Waals surface area contributed by atoms with Crippen molar-refractivity contribution < 1.29 is 20.1 Å². The monoisotopic (exact) mass is 362 g/mol. The van der Waals surface area contributed by atoms with Gasteiger partial charge in [0.1, 0.15) is 6.10 Å². The summed E-state index contributed by atoms with van der Waals surface area (Å²) >= 11 is 0. The van der Waals surface area contributed by atoms with Crippen molar-refractivity contribution in [2.45, 2.75) is 83.8 Å². The minimum atomic E-state index is -0.761. The molecule has 6 atom stereocenters. The second kappa shape index (κ2) is 10.1. The first-order valence-electron chi connectivity index (χ1n) is 10.2. The predicted molar refractivity (Wildman–Crippen MR) is 102 cm³/mol. The highest BCUT2D eigenvalue weighted by molar-refractivity contribution is 5.66. The fraction of sp³-hybridized carbons (Fsp3) is 0.773. The van der Waals surface area contributed by atoms with E-state index >= 15 is 0 Å². The Morgan fingerprint density at radius 2 is 2.15 bits per heavy atom. The van der Waals surface area contributed by atoms with Crippen molar-refractivity contribution in [1.82, 2.24) is 0 Å². The number of aliphatic carboxylic acids is 1. The first-order valence-corrected chi connectivity index (χ1v) is 10.2. The molecule has 4 heteroatoms. The van der Waals surface area contributed by atoms with E-state index in [9.17, 15) is 15.0 Å². The van der Waals surface area contributed by atoms with Gasteiger partial charge in [0.25, 0.3) is 0 Å². The first-order chi connectivity index (χ1) is 12.4. The fourth-order valence-corrected chi connectivity index (χ4v) is 4.39. The Balaban J connectivity index is 1.88. The molecule has 0 aromatic carbocycles. The van der Waals surface area contributed by atoms with Crippen LogP contribution in [-0.4, -0.2) is 33.5 Å². The summed E-state index contributed by atoms with van der Waals surface area (Å²) < 4.78 is 0. The largest absolute Gasteiger partial charge is 0.481 e. The zero-order chi connectivity index (χ0) is 19.1. The number of carbonyl (C=O) groups is 1. The summed E-state index contributed by atoms with van der Waals surface area (Å²) in [6.45, 7) is 4.33. The van der Waals surface area contributed by atoms with E-state index in [-0.39, 0.29) is 12.3 Å². The van der Waals surface area contributed by atoms with Crippen LogP contribution in [-0.2, 0) is 4.79 Å². The smallest absolute Gasteiger partial charge is 0.303 e. The lowest BCUT2D eigenvalue weighted by Crippen LogP contribution is -2.44. The van der Waals surface area contributed by atoms with Gasteiger partial charge in [-0.05, 0) is 49.9 Å². The van der Waals surface area contributed by atoms with E-state index in [1.165, 1.54) is 18.4 Å². The molecule has 0 aromatic heterocycles. The van der Waals surface area contributed by atoms with Crippen molar-refractivity contribution in [3.63, 3.8) is 0 Å². The minimum Gasteiger partial charge on any atom is -0.481 e. The normalized spacial score (nSPS) is 31.3. The van der Waals surface area contributed by atoms with Crippen molar-refractivity contribution >= 4 is 5.97 Å². The third-order valence-electron chi connectivity index (χ3n) is 5.97. The summed E-state index contributed by atoms with van der Waals surface area (Å²) in [6.07, 6.45) is 8.59. The molecule has 0 aliphatic heterocycles. The van der Waals surface area contributed by atoms with Gasteiger partial charge in [-0.25, -0.2) is 0 Å². The number of fused-ring (bicyclic) bond motifs is 1. The lowest BCUT2D eigenvalue weighted by Gasteiger charge is -2.48. The Bertz CT molecular complexity index is 556. The van der Waals surface area contributed by atoms with E-state index in [1.807, 2.05) is 0 Å². The summed E-state index contributed by atoms with van der Waals surface area (Å²) in [5, 5.41) is 29.3. The van der Waals surface area contributed by atoms with Gasteiger partial charge in [0.05, 0.1) is 12.0 Å². The molecule has 2 rings (SSSR count). The molecule has 26 heavy (non-hydrogen) atoms. The number of carboxylic acids is 1. The predicted octanol–water partition coefficient (Wildman–Crippen LogP) is 3.77. The van der Waals surface area contributed by atoms with Gasteiger partial charge in [-0.3, -0.25) is 4.79 Å². The van der Waals surface area contributed by atoms with Gasteiger partial charge in [0.2, 0.25) is 0 Å². The van der Waals surface area contributed by atoms with Crippen LogP contribution in [0.25, 0.3) is 0 Å². The highest BCUT2D eigenvalue weighted by Gasteiger charge is 2.46. The average Bonchev–Trinajstić information content (AvgIpc) is 2.56. The molecular formula is C22H34O4. The van der Waals surface area contributed by atoms with Crippen molar-refractivity contribution in [2.75, 3.05) is 0 Å². The molecule has 3 N–H and O–H groups in total. The number of allylic oxidation sites excluding steroid dienone is 2. The Labute approximate surface area is 157 Å². The van der Waals surface area contributed by atoms with E-state index in [2.05, 4.69) is 31.8 Å². The van der Waals surface area contributed by atoms with Gasteiger partial charge in [0, 0.05) is 6.42 Å². The highest BCUT2D eigenvalue weighted by Crippen LogP contribution is 2.51. The molecule has 0 bridgehead atoms. The maximum absolute atomic E-state index is 10.6. The molecule has 0 amide bonds. The molecule has 1 unspecified atom stereocenters. The van der Waals surface area contributed by atoms with Gasteiger partial charge < -0.3 is 15.3 Å². The van der Waals surface area contributed by atoms with Crippen LogP contribution in [0, 0.1) is 35.5 Å². The van der Waals surface area contributed by atoms with E-state index in [0.717, 1.165) is 25.7 Å². The van der Waals surface area contributed by atoms with Crippen molar-refractivity contribution in [3.05, 3.63) is 11.6 Å². The van der Waals surface area contributed by atoms with Gasteiger partial charge in [-0.1, -0.05) is 56.6 Å². The maximum Gasteiger partial charge on any atom is 0.303 e. The molecule has 2 aliphatic rings. The van der Waals surface area contributed by atoms with Crippen molar-refractivity contribution in [1.29, 1.82) is 0 Å². The Kier molecular flexibility index (Phi) is 8.18. The highest BCUT2D eigenvalue weighted by atomic mass is 16.4. The summed E-state index contributed by atoms with van der Waals surface area (Å²) in [5.41, 5.74) is 1.34. The molecule has 146 valence electrons. The topological polar surface area (TPSA) is 77.8 Å².